The van der Waals surface area contributed by atoms with Gasteiger partial charge in [0.25, 0.3) is 0 Å². The number of fused-ring (bicyclic) bond motifs is 4. The van der Waals surface area contributed by atoms with E-state index in [-0.39, 0.29) is 6.04 Å². The first-order valence-electron chi connectivity index (χ1n) is 15.8. The number of nitrogens with one attached hydrogen (secondary N) is 1. The Kier molecular flexibility index (Phi) is 6.46. The number of benzene rings is 4. The van der Waals surface area contributed by atoms with Crippen LogP contribution in [0.3, 0.4) is 0 Å². The highest BCUT2D eigenvalue weighted by atomic mass is 15.1. The second-order valence-electron chi connectivity index (χ2n) is 11.8. The Morgan fingerprint density at radius 1 is 0.574 bits per heavy atom. The Morgan fingerprint density at radius 2 is 1.36 bits per heavy atom. The van der Waals surface area contributed by atoms with Gasteiger partial charge in [-0.1, -0.05) is 97.1 Å². The van der Waals surface area contributed by atoms with Crippen LogP contribution in [0, 0.1) is 0 Å². The Morgan fingerprint density at radius 3 is 2.30 bits per heavy atom. The van der Waals surface area contributed by atoms with Crippen LogP contribution in [0.4, 0.5) is 0 Å². The summed E-state index contributed by atoms with van der Waals surface area (Å²) < 4.78 is 2.20. The normalized spacial score (nSPS) is 14.6. The second kappa shape index (κ2) is 11.2. The van der Waals surface area contributed by atoms with Crippen molar-refractivity contribution in [2.75, 3.05) is 0 Å². The maximum atomic E-state index is 5.27. The Hall–Kier alpha value is -6.33. The van der Waals surface area contributed by atoms with E-state index in [1.165, 1.54) is 16.2 Å². The van der Waals surface area contributed by atoms with Crippen molar-refractivity contribution in [2.24, 2.45) is 0 Å². The van der Waals surface area contributed by atoms with E-state index in [1.54, 1.807) is 0 Å². The molecule has 0 saturated carbocycles. The highest BCUT2D eigenvalue weighted by Crippen LogP contribution is 2.35. The molecule has 1 aliphatic rings. The molecule has 0 fully saturated rings. The lowest BCUT2D eigenvalue weighted by molar-refractivity contribution is 0.737. The maximum absolute atomic E-state index is 5.27. The average molecular weight is 604 g/mol. The quantitative estimate of drug-likeness (QED) is 0.213. The molecule has 222 valence electrons. The molecule has 4 aromatic carbocycles. The standard InChI is InChI=1S/C42H29N5/c1-2-11-29(12-3-1)35-15-8-16-36(44-35)38-25-32(31-21-20-28-10-4-5-13-30(28)24-31)26-39(45-38)37-17-9-19-42(46-37)47-40-18-7-6-14-33(40)34-22-23-43-27-41(34)47/h1-27,38,45H. The van der Waals surface area contributed by atoms with Gasteiger partial charge >= 0.3 is 0 Å². The smallest absolute Gasteiger partial charge is 0.138 e. The first kappa shape index (κ1) is 27.0. The van der Waals surface area contributed by atoms with Crippen LogP contribution in [0.1, 0.15) is 23.0 Å². The van der Waals surface area contributed by atoms with Gasteiger partial charge in [-0.05, 0) is 76.5 Å². The first-order chi connectivity index (χ1) is 23.3. The number of hydrogen-bond donors (Lipinski definition) is 1. The molecular formula is C42H29N5. The number of nitrogens with zero attached hydrogens (tertiary/aromatic N) is 4. The zero-order chi connectivity index (χ0) is 31.2. The molecule has 5 nitrogen and oxygen atoms in total. The van der Waals surface area contributed by atoms with E-state index >= 15 is 0 Å². The molecule has 0 saturated heterocycles. The summed E-state index contributed by atoms with van der Waals surface area (Å²) in [6.45, 7) is 0. The minimum atomic E-state index is -0.164. The van der Waals surface area contributed by atoms with E-state index in [1.807, 2.05) is 30.6 Å². The molecule has 47 heavy (non-hydrogen) atoms. The van der Waals surface area contributed by atoms with Crippen molar-refractivity contribution in [3.63, 3.8) is 0 Å². The molecule has 1 unspecified atom stereocenters. The van der Waals surface area contributed by atoms with Gasteiger partial charge in [0, 0.05) is 22.5 Å². The van der Waals surface area contributed by atoms with Gasteiger partial charge in [-0.25, -0.2) is 4.98 Å². The van der Waals surface area contributed by atoms with Crippen LogP contribution in [0.5, 0.6) is 0 Å². The van der Waals surface area contributed by atoms with Gasteiger partial charge in [-0.3, -0.25) is 14.5 Å². The van der Waals surface area contributed by atoms with Gasteiger partial charge in [0.1, 0.15) is 5.82 Å². The van der Waals surface area contributed by atoms with Crippen LogP contribution in [-0.2, 0) is 0 Å². The van der Waals surface area contributed by atoms with E-state index in [4.69, 9.17) is 9.97 Å². The van der Waals surface area contributed by atoms with Gasteiger partial charge in [0.15, 0.2) is 0 Å². The van der Waals surface area contributed by atoms with Crippen molar-refractivity contribution in [1.82, 2.24) is 24.8 Å². The number of rotatable bonds is 5. The zero-order valence-corrected chi connectivity index (χ0v) is 25.5. The molecule has 9 rings (SSSR count). The molecule has 0 spiro atoms. The summed E-state index contributed by atoms with van der Waals surface area (Å²) in [6, 6.07) is 48.3. The summed E-state index contributed by atoms with van der Waals surface area (Å²) in [5, 5.41) is 8.55. The summed E-state index contributed by atoms with van der Waals surface area (Å²) in [6.07, 6.45) is 8.25. The lowest BCUT2D eigenvalue weighted by Crippen LogP contribution is -2.23. The number of hydrogen-bond acceptors (Lipinski definition) is 4. The lowest BCUT2D eigenvalue weighted by Gasteiger charge is -2.25. The maximum Gasteiger partial charge on any atom is 0.138 e. The van der Waals surface area contributed by atoms with Crippen molar-refractivity contribution in [1.29, 1.82) is 0 Å². The number of pyridine rings is 3. The molecule has 0 bridgehead atoms. The van der Waals surface area contributed by atoms with Gasteiger partial charge in [0.05, 0.1) is 46.1 Å². The molecule has 0 radical (unpaired) electrons. The molecule has 0 amide bonds. The van der Waals surface area contributed by atoms with Crippen molar-refractivity contribution in [3.8, 4) is 17.1 Å². The summed E-state index contributed by atoms with van der Waals surface area (Å²) in [5.41, 5.74) is 9.17. The fraction of sp³-hybridized carbons (Fsp3) is 0.0238. The van der Waals surface area contributed by atoms with Crippen LogP contribution >= 0.6 is 0 Å². The van der Waals surface area contributed by atoms with Crippen LogP contribution < -0.4 is 5.32 Å². The monoisotopic (exact) mass is 603 g/mol. The lowest BCUT2D eigenvalue weighted by atomic mass is 9.94. The third-order valence-corrected chi connectivity index (χ3v) is 8.91. The van der Waals surface area contributed by atoms with E-state index in [2.05, 4.69) is 148 Å². The highest BCUT2D eigenvalue weighted by molar-refractivity contribution is 6.08. The minimum absolute atomic E-state index is 0.164. The summed E-state index contributed by atoms with van der Waals surface area (Å²) in [7, 11) is 0. The van der Waals surface area contributed by atoms with Gasteiger partial charge in [0.2, 0.25) is 0 Å². The van der Waals surface area contributed by atoms with Crippen molar-refractivity contribution < 1.29 is 0 Å². The predicted molar refractivity (Wildman–Crippen MR) is 192 cm³/mol. The Balaban J connectivity index is 1.18. The largest absolute Gasteiger partial charge is 0.371 e. The summed E-state index contributed by atoms with van der Waals surface area (Å²) >= 11 is 0. The van der Waals surface area contributed by atoms with E-state index < -0.39 is 0 Å². The van der Waals surface area contributed by atoms with Crippen LogP contribution in [0.2, 0.25) is 0 Å². The second-order valence-corrected chi connectivity index (χ2v) is 11.8. The van der Waals surface area contributed by atoms with Crippen molar-refractivity contribution in [2.45, 2.75) is 6.04 Å². The third-order valence-electron chi connectivity index (χ3n) is 8.91. The molecule has 8 aromatic rings. The topological polar surface area (TPSA) is 55.6 Å². The predicted octanol–water partition coefficient (Wildman–Crippen LogP) is 9.56. The number of para-hydroxylation sites is 1. The number of allylic oxidation sites excluding steroid dienone is 2. The van der Waals surface area contributed by atoms with Gasteiger partial charge < -0.3 is 5.32 Å². The summed E-state index contributed by atoms with van der Waals surface area (Å²) in [4.78, 5) is 14.9. The van der Waals surface area contributed by atoms with Gasteiger partial charge in [-0.2, -0.15) is 0 Å². The molecule has 1 N–H and O–H groups in total. The molecule has 4 aromatic heterocycles. The Bertz CT molecular complexity index is 2450. The fourth-order valence-electron chi connectivity index (χ4n) is 6.65. The zero-order valence-electron chi connectivity index (χ0n) is 25.5. The van der Waals surface area contributed by atoms with Crippen molar-refractivity contribution >= 4 is 43.8 Å². The highest BCUT2D eigenvalue weighted by Gasteiger charge is 2.22. The molecule has 5 heteroatoms. The van der Waals surface area contributed by atoms with Crippen LogP contribution in [-0.4, -0.2) is 19.5 Å². The fourth-order valence-corrected chi connectivity index (χ4v) is 6.65. The molecule has 1 atom stereocenters. The van der Waals surface area contributed by atoms with E-state index in [0.717, 1.165) is 61.7 Å². The average Bonchev–Trinajstić information content (AvgIpc) is 3.49. The first-order valence-corrected chi connectivity index (χ1v) is 15.8. The van der Waals surface area contributed by atoms with Crippen LogP contribution in [0.25, 0.3) is 60.9 Å². The van der Waals surface area contributed by atoms with Crippen LogP contribution in [0.15, 0.2) is 164 Å². The Labute approximate surface area is 272 Å². The van der Waals surface area contributed by atoms with Crippen molar-refractivity contribution in [3.05, 3.63) is 181 Å². The molecular weight excluding hydrogens is 574 g/mol. The number of dihydropyridines is 1. The molecule has 5 heterocycles. The molecule has 0 aliphatic carbocycles. The van der Waals surface area contributed by atoms with E-state index in [9.17, 15) is 0 Å². The van der Waals surface area contributed by atoms with Gasteiger partial charge in [-0.15, -0.1) is 0 Å². The minimum Gasteiger partial charge on any atom is -0.371 e. The SMILES string of the molecule is C1=C(c2ccc3ccccc3c2)C=C(c2cccc(-n3c4ccccc4c4ccncc43)n2)NC1c1cccc(-c2ccccc2)n1. The third kappa shape index (κ3) is 4.86. The van der Waals surface area contributed by atoms with E-state index in [0.29, 0.717) is 0 Å². The summed E-state index contributed by atoms with van der Waals surface area (Å²) in [5.74, 6) is 0.840. The number of aromatic nitrogens is 4. The molecule has 1 aliphatic heterocycles.